The predicted octanol–water partition coefficient (Wildman–Crippen LogP) is 3.61. The molecule has 15 heavy (non-hydrogen) atoms. The second-order valence-electron chi connectivity index (χ2n) is 6.07. The topological polar surface area (TPSA) is 15.6 Å². The highest BCUT2D eigenvalue weighted by atomic mass is 15.2. The number of hydrogen-bond acceptors (Lipinski definition) is 2. The van der Waals surface area contributed by atoms with Crippen LogP contribution in [0, 0.1) is 0 Å². The maximum absolute atomic E-state index is 3.81. The number of hydrogen-bond donors (Lipinski definition) is 0. The van der Waals surface area contributed by atoms with E-state index in [-0.39, 0.29) is 11.1 Å². The molecule has 0 radical (unpaired) electrons. The van der Waals surface area contributed by atoms with Gasteiger partial charge in [0.05, 0.1) is 0 Å². The molecule has 0 bridgehead atoms. The molecule has 0 aromatic carbocycles. The van der Waals surface area contributed by atoms with Crippen molar-refractivity contribution in [1.82, 2.24) is 4.90 Å². The highest BCUT2D eigenvalue weighted by molar-refractivity contribution is 5.78. The van der Waals surface area contributed by atoms with Crippen molar-refractivity contribution in [3.63, 3.8) is 0 Å². The Kier molecular flexibility index (Phi) is 7.12. The summed E-state index contributed by atoms with van der Waals surface area (Å²) in [7, 11) is 3.95. The largest absolute Gasteiger partial charge is 0.298 e. The Balaban J connectivity index is 0. The van der Waals surface area contributed by atoms with Crippen molar-refractivity contribution in [1.29, 1.82) is 0 Å². The van der Waals surface area contributed by atoms with Gasteiger partial charge in [-0.25, -0.2) is 0 Å². The van der Waals surface area contributed by atoms with Gasteiger partial charge in [0, 0.05) is 23.8 Å². The molecule has 0 aromatic heterocycles. The predicted molar refractivity (Wildman–Crippen MR) is 72.0 cm³/mol. The first-order chi connectivity index (χ1) is 6.42. The highest BCUT2D eigenvalue weighted by Crippen LogP contribution is 2.21. The Hall–Kier alpha value is -0.370. The smallest absolute Gasteiger partial charge is 0.0276 e. The zero-order valence-corrected chi connectivity index (χ0v) is 12.4. The average molecular weight is 214 g/mol. The van der Waals surface area contributed by atoms with Crippen LogP contribution in [0.15, 0.2) is 4.99 Å². The molecule has 0 spiro atoms. The van der Waals surface area contributed by atoms with Crippen LogP contribution in [0.5, 0.6) is 0 Å². The molecule has 0 aliphatic rings. The third-order valence-corrected chi connectivity index (χ3v) is 2.46. The molecule has 2 heteroatoms. The number of aliphatic imine (C=N–C) groups is 1. The lowest BCUT2D eigenvalue weighted by Crippen LogP contribution is -2.49. The van der Waals surface area contributed by atoms with Gasteiger partial charge in [0.1, 0.15) is 0 Å². The van der Waals surface area contributed by atoms with Crippen LogP contribution in [0.1, 0.15) is 55.4 Å². The molecule has 0 aliphatic carbocycles. The molecule has 2 nitrogen and oxygen atoms in total. The van der Waals surface area contributed by atoms with E-state index in [0.29, 0.717) is 0 Å². The lowest BCUT2D eigenvalue weighted by molar-refractivity contribution is 0.0700. The fourth-order valence-electron chi connectivity index (χ4n) is 1.01. The first-order valence-corrected chi connectivity index (χ1v) is 5.57. The van der Waals surface area contributed by atoms with Gasteiger partial charge in [-0.15, -0.1) is 0 Å². The van der Waals surface area contributed by atoms with E-state index in [1.165, 1.54) is 0 Å². The summed E-state index contributed by atoms with van der Waals surface area (Å²) in [5, 5.41) is 0. The van der Waals surface area contributed by atoms with Gasteiger partial charge in [-0.1, -0.05) is 0 Å². The molecule has 0 unspecified atom stereocenters. The maximum Gasteiger partial charge on any atom is 0.0276 e. The van der Waals surface area contributed by atoms with Crippen LogP contribution in [0.3, 0.4) is 0 Å². The van der Waals surface area contributed by atoms with Crippen molar-refractivity contribution >= 4 is 5.71 Å². The van der Waals surface area contributed by atoms with E-state index in [2.05, 4.69) is 58.5 Å². The van der Waals surface area contributed by atoms with Crippen LogP contribution in [-0.2, 0) is 0 Å². The second-order valence-corrected chi connectivity index (χ2v) is 6.07. The van der Waals surface area contributed by atoms with Crippen molar-refractivity contribution in [2.45, 2.75) is 66.5 Å². The van der Waals surface area contributed by atoms with E-state index in [4.69, 9.17) is 0 Å². The Morgan fingerprint density at radius 3 is 1.07 bits per heavy atom. The van der Waals surface area contributed by atoms with E-state index in [0.717, 1.165) is 5.71 Å². The van der Waals surface area contributed by atoms with Crippen LogP contribution >= 0.6 is 0 Å². The molecule has 0 fully saturated rings. The summed E-state index contributed by atoms with van der Waals surface area (Å²) in [5.41, 5.74) is 1.68. The van der Waals surface area contributed by atoms with Gasteiger partial charge >= 0.3 is 0 Å². The quantitative estimate of drug-likeness (QED) is 0.562. The zero-order chi connectivity index (χ0) is 12.9. The molecule has 0 aliphatic heterocycles. The molecule has 0 amide bonds. The van der Waals surface area contributed by atoms with Gasteiger partial charge in [-0.3, -0.25) is 9.89 Å². The highest BCUT2D eigenvalue weighted by Gasteiger charge is 2.26. The van der Waals surface area contributed by atoms with E-state index in [1.807, 2.05) is 13.8 Å². The summed E-state index contributed by atoms with van der Waals surface area (Å²) < 4.78 is 0. The normalized spacial score (nSPS) is 11.9. The average Bonchev–Trinajstić information content (AvgIpc) is 2.01. The fourth-order valence-corrected chi connectivity index (χ4v) is 1.01. The van der Waals surface area contributed by atoms with E-state index in [1.54, 1.807) is 7.05 Å². The fraction of sp³-hybridized carbons (Fsp3) is 0.923. The summed E-state index contributed by atoms with van der Waals surface area (Å²) in [4.78, 5) is 6.18. The molecule has 0 atom stereocenters. The van der Waals surface area contributed by atoms with Crippen molar-refractivity contribution in [2.75, 3.05) is 14.1 Å². The van der Waals surface area contributed by atoms with Gasteiger partial charge in [0.15, 0.2) is 0 Å². The summed E-state index contributed by atoms with van der Waals surface area (Å²) in [6, 6.07) is 0. The first kappa shape index (κ1) is 17.0. The van der Waals surface area contributed by atoms with E-state index >= 15 is 0 Å². The minimum Gasteiger partial charge on any atom is -0.298 e. The Bertz CT molecular complexity index is 174. The standard InChI is InChI=1S/C9H21N.C4H9N/c1-8(2,3)10(7)9(4,5)6;1-4(2)5-3/h1-7H3;1-3H3. The van der Waals surface area contributed by atoms with Crippen LogP contribution < -0.4 is 0 Å². The Morgan fingerprint density at radius 2 is 1.07 bits per heavy atom. The number of rotatable bonds is 0. The van der Waals surface area contributed by atoms with Crippen molar-refractivity contribution in [2.24, 2.45) is 4.99 Å². The molecule has 0 saturated carbocycles. The Morgan fingerprint density at radius 1 is 0.867 bits per heavy atom. The first-order valence-electron chi connectivity index (χ1n) is 5.57. The minimum absolute atomic E-state index is 0.276. The van der Waals surface area contributed by atoms with Gasteiger partial charge in [0.2, 0.25) is 0 Å². The van der Waals surface area contributed by atoms with E-state index in [9.17, 15) is 0 Å². The summed E-state index contributed by atoms with van der Waals surface area (Å²) in [6.07, 6.45) is 0. The second kappa shape index (κ2) is 6.26. The van der Waals surface area contributed by atoms with Gasteiger partial charge in [-0.2, -0.15) is 0 Å². The summed E-state index contributed by atoms with van der Waals surface area (Å²) in [6.45, 7) is 17.4. The van der Waals surface area contributed by atoms with Crippen LogP contribution in [-0.4, -0.2) is 35.8 Å². The van der Waals surface area contributed by atoms with E-state index < -0.39 is 0 Å². The lowest BCUT2D eigenvalue weighted by atomic mass is 9.98. The minimum atomic E-state index is 0.276. The van der Waals surface area contributed by atoms with Gasteiger partial charge in [0.25, 0.3) is 0 Å². The monoisotopic (exact) mass is 214 g/mol. The molecular weight excluding hydrogens is 184 g/mol. The van der Waals surface area contributed by atoms with Gasteiger partial charge in [-0.05, 0) is 62.4 Å². The molecule has 92 valence electrons. The molecule has 0 N–H and O–H groups in total. The third kappa shape index (κ3) is 9.92. The van der Waals surface area contributed by atoms with Crippen molar-refractivity contribution in [3.05, 3.63) is 0 Å². The van der Waals surface area contributed by atoms with Crippen LogP contribution in [0.25, 0.3) is 0 Å². The Labute approximate surface area is 96.8 Å². The summed E-state index contributed by atoms with van der Waals surface area (Å²) >= 11 is 0. The molecule has 0 heterocycles. The molecule has 0 saturated heterocycles. The zero-order valence-electron chi connectivity index (χ0n) is 12.4. The lowest BCUT2D eigenvalue weighted by Gasteiger charge is -2.42. The van der Waals surface area contributed by atoms with Crippen molar-refractivity contribution in [3.8, 4) is 0 Å². The van der Waals surface area contributed by atoms with Gasteiger partial charge < -0.3 is 0 Å². The van der Waals surface area contributed by atoms with Crippen LogP contribution in [0.4, 0.5) is 0 Å². The molecule has 0 aromatic rings. The van der Waals surface area contributed by atoms with Crippen molar-refractivity contribution < 1.29 is 0 Å². The summed E-state index contributed by atoms with van der Waals surface area (Å²) in [5.74, 6) is 0. The SMILES string of the molecule is CN(C(C)(C)C)C(C)(C)C.CN=C(C)C. The maximum atomic E-state index is 3.81. The molecular formula is C13H30N2. The van der Waals surface area contributed by atoms with Crippen LogP contribution in [0.2, 0.25) is 0 Å². The molecule has 0 rings (SSSR count). The number of nitrogens with zero attached hydrogens (tertiary/aromatic N) is 2. The third-order valence-electron chi connectivity index (χ3n) is 2.46.